The molecule has 2 N–H and O–H groups in total. The van der Waals surface area contributed by atoms with Gasteiger partial charge in [0.05, 0.1) is 19.3 Å². The number of ether oxygens (including phenoxy) is 1. The fraction of sp³-hybridized carbons (Fsp3) is 0.719. The van der Waals surface area contributed by atoms with Crippen LogP contribution >= 0.6 is 0 Å². The smallest absolute Gasteiger partial charge is 0.318 e. The second-order valence-corrected chi connectivity index (χ2v) is 12.4. The monoisotopic (exact) mass is 549 g/mol. The van der Waals surface area contributed by atoms with Gasteiger partial charge in [0, 0.05) is 32.2 Å². The standard InChI is InChI=1S/C32H47N5O3/c33-24-32(15-17-36(18-16-32)29-14-8-7-13-27(29)26-11-5-2-6-12-26)35-30(38)28(23-25-9-3-1-4-10-25)34-31(39)37-19-21-40-22-20-37/h2,5-6,11-12,25,27-29H,1,3-4,7-10,13-23H2,(H,34,39)(H,35,38). The summed E-state index contributed by atoms with van der Waals surface area (Å²) in [7, 11) is 0. The van der Waals surface area contributed by atoms with Gasteiger partial charge in [-0.2, -0.15) is 5.26 Å². The number of likely N-dealkylation sites (tertiary alicyclic amines) is 1. The fourth-order valence-corrected chi connectivity index (χ4v) is 7.46. The first-order valence-corrected chi connectivity index (χ1v) is 15.7. The normalized spacial score (nSPS) is 26.8. The Morgan fingerprint density at radius 3 is 2.33 bits per heavy atom. The van der Waals surface area contributed by atoms with E-state index in [0.717, 1.165) is 25.9 Å². The van der Waals surface area contributed by atoms with Gasteiger partial charge in [0.25, 0.3) is 0 Å². The van der Waals surface area contributed by atoms with Crippen molar-refractivity contribution in [2.75, 3.05) is 39.4 Å². The summed E-state index contributed by atoms with van der Waals surface area (Å²) < 4.78 is 5.40. The van der Waals surface area contributed by atoms with Crippen molar-refractivity contribution in [3.05, 3.63) is 35.9 Å². The molecule has 0 radical (unpaired) electrons. The Hall–Kier alpha value is -2.63. The van der Waals surface area contributed by atoms with Crippen molar-refractivity contribution in [2.24, 2.45) is 5.92 Å². The molecule has 3 amide bonds. The molecule has 0 bridgehead atoms. The molecule has 4 aliphatic rings. The van der Waals surface area contributed by atoms with Crippen molar-refractivity contribution in [1.82, 2.24) is 20.4 Å². The van der Waals surface area contributed by atoms with Crippen LogP contribution in [0.15, 0.2) is 30.3 Å². The van der Waals surface area contributed by atoms with Crippen LogP contribution in [0.4, 0.5) is 4.79 Å². The number of benzene rings is 1. The molecule has 0 aromatic heterocycles. The predicted octanol–water partition coefficient (Wildman–Crippen LogP) is 4.57. The first-order valence-electron chi connectivity index (χ1n) is 15.7. The van der Waals surface area contributed by atoms with E-state index in [1.807, 2.05) is 0 Å². The fourth-order valence-electron chi connectivity index (χ4n) is 7.46. The summed E-state index contributed by atoms with van der Waals surface area (Å²) in [6, 6.07) is 13.0. The predicted molar refractivity (Wildman–Crippen MR) is 155 cm³/mol. The molecule has 4 fully saturated rings. The van der Waals surface area contributed by atoms with Crippen molar-refractivity contribution in [2.45, 2.75) is 101 Å². The van der Waals surface area contributed by atoms with Crippen molar-refractivity contribution in [3.63, 3.8) is 0 Å². The molecule has 218 valence electrons. The van der Waals surface area contributed by atoms with Gasteiger partial charge in [-0.05, 0) is 49.5 Å². The third-order valence-electron chi connectivity index (χ3n) is 9.86. The Labute approximate surface area is 239 Å². The molecule has 1 aromatic rings. The molecule has 2 saturated heterocycles. The summed E-state index contributed by atoms with van der Waals surface area (Å²) in [6.07, 6.45) is 12.6. The third kappa shape index (κ3) is 7.16. The lowest BCUT2D eigenvalue weighted by Gasteiger charge is -2.46. The molecule has 5 rings (SSSR count). The summed E-state index contributed by atoms with van der Waals surface area (Å²) in [5, 5.41) is 16.5. The zero-order valence-electron chi connectivity index (χ0n) is 24.0. The number of rotatable bonds is 7. The molecule has 2 aliphatic heterocycles. The van der Waals surface area contributed by atoms with Gasteiger partial charge in [-0.1, -0.05) is 75.3 Å². The number of hydrogen-bond donors (Lipinski definition) is 2. The second kappa shape index (κ2) is 13.8. The highest BCUT2D eigenvalue weighted by molar-refractivity contribution is 5.87. The van der Waals surface area contributed by atoms with Crippen LogP contribution in [0, 0.1) is 17.2 Å². The van der Waals surface area contributed by atoms with E-state index in [2.05, 4.69) is 51.9 Å². The van der Waals surface area contributed by atoms with Gasteiger partial charge in [0.1, 0.15) is 11.6 Å². The molecule has 0 spiro atoms. The zero-order valence-corrected chi connectivity index (χ0v) is 24.0. The summed E-state index contributed by atoms with van der Waals surface area (Å²) in [5.41, 5.74) is 0.526. The van der Waals surface area contributed by atoms with Gasteiger partial charge in [-0.3, -0.25) is 9.69 Å². The van der Waals surface area contributed by atoms with E-state index >= 15 is 0 Å². The van der Waals surface area contributed by atoms with Crippen LogP contribution in [-0.2, 0) is 9.53 Å². The summed E-state index contributed by atoms with van der Waals surface area (Å²) in [4.78, 5) is 31.1. The molecule has 2 aliphatic carbocycles. The highest BCUT2D eigenvalue weighted by atomic mass is 16.5. The minimum absolute atomic E-state index is 0.204. The Balaban J connectivity index is 1.23. The maximum absolute atomic E-state index is 13.8. The largest absolute Gasteiger partial charge is 0.378 e. The lowest BCUT2D eigenvalue weighted by atomic mass is 9.77. The van der Waals surface area contributed by atoms with Crippen LogP contribution in [0.3, 0.4) is 0 Å². The quantitative estimate of drug-likeness (QED) is 0.519. The molecule has 1 aromatic carbocycles. The van der Waals surface area contributed by atoms with Crippen LogP contribution < -0.4 is 10.6 Å². The van der Waals surface area contributed by atoms with Crippen molar-refractivity contribution < 1.29 is 14.3 Å². The van der Waals surface area contributed by atoms with E-state index in [4.69, 9.17) is 4.74 Å². The summed E-state index contributed by atoms with van der Waals surface area (Å²) in [5.74, 6) is 0.743. The lowest BCUT2D eigenvalue weighted by Crippen LogP contribution is -2.61. The average molecular weight is 550 g/mol. The number of carbonyl (C=O) groups is 2. The maximum atomic E-state index is 13.8. The minimum Gasteiger partial charge on any atom is -0.378 e. The van der Waals surface area contributed by atoms with Gasteiger partial charge in [0.2, 0.25) is 5.91 Å². The van der Waals surface area contributed by atoms with Crippen LogP contribution in [0.5, 0.6) is 0 Å². The van der Waals surface area contributed by atoms with E-state index in [-0.39, 0.29) is 11.9 Å². The Morgan fingerprint density at radius 1 is 0.950 bits per heavy atom. The summed E-state index contributed by atoms with van der Waals surface area (Å²) >= 11 is 0. The molecule has 3 unspecified atom stereocenters. The van der Waals surface area contributed by atoms with Crippen LogP contribution in [0.1, 0.15) is 88.5 Å². The number of morpholine rings is 1. The number of amides is 3. The van der Waals surface area contributed by atoms with Crippen molar-refractivity contribution in [1.29, 1.82) is 5.26 Å². The highest BCUT2D eigenvalue weighted by Gasteiger charge is 2.42. The molecular weight excluding hydrogens is 502 g/mol. The summed E-state index contributed by atoms with van der Waals surface area (Å²) in [6.45, 7) is 3.71. The van der Waals surface area contributed by atoms with Crippen LogP contribution in [-0.4, -0.2) is 78.8 Å². The molecule has 3 atom stereocenters. The minimum atomic E-state index is -0.890. The first-order chi connectivity index (χ1) is 19.6. The molecule has 2 saturated carbocycles. The number of carbonyl (C=O) groups excluding carboxylic acids is 2. The molecule has 8 heteroatoms. The van der Waals surface area contributed by atoms with E-state index in [1.165, 1.54) is 50.5 Å². The van der Waals surface area contributed by atoms with E-state index in [0.29, 0.717) is 63.4 Å². The SMILES string of the molecule is N#CC1(NC(=O)C(CC2CCCCC2)NC(=O)N2CCOCC2)CCN(C2CCCCC2c2ccccc2)CC1. The highest BCUT2D eigenvalue weighted by Crippen LogP contribution is 2.38. The van der Waals surface area contributed by atoms with Crippen molar-refractivity contribution in [3.8, 4) is 6.07 Å². The Kier molecular flexibility index (Phi) is 9.98. The topological polar surface area (TPSA) is 97.7 Å². The zero-order chi connectivity index (χ0) is 27.8. The average Bonchev–Trinajstić information content (AvgIpc) is 3.02. The Morgan fingerprint density at radius 2 is 1.62 bits per heavy atom. The number of nitrogens with one attached hydrogen (secondary N) is 2. The number of hydrogen-bond acceptors (Lipinski definition) is 5. The number of nitrogens with zero attached hydrogens (tertiary/aromatic N) is 3. The molecule has 40 heavy (non-hydrogen) atoms. The third-order valence-corrected chi connectivity index (χ3v) is 9.86. The lowest BCUT2D eigenvalue weighted by molar-refractivity contribution is -0.125. The van der Waals surface area contributed by atoms with E-state index in [1.54, 1.807) is 4.90 Å². The maximum Gasteiger partial charge on any atom is 0.318 e. The Bertz CT molecular complexity index is 1010. The molecule has 2 heterocycles. The van der Waals surface area contributed by atoms with Crippen LogP contribution in [0.2, 0.25) is 0 Å². The van der Waals surface area contributed by atoms with Gasteiger partial charge in [-0.25, -0.2) is 4.79 Å². The number of urea groups is 1. The first kappa shape index (κ1) is 28.9. The van der Waals surface area contributed by atoms with Gasteiger partial charge in [-0.15, -0.1) is 0 Å². The molecule has 8 nitrogen and oxygen atoms in total. The number of piperidine rings is 1. The number of nitriles is 1. The van der Waals surface area contributed by atoms with Crippen molar-refractivity contribution >= 4 is 11.9 Å². The van der Waals surface area contributed by atoms with Crippen LogP contribution in [0.25, 0.3) is 0 Å². The van der Waals surface area contributed by atoms with E-state index < -0.39 is 11.6 Å². The van der Waals surface area contributed by atoms with Gasteiger partial charge >= 0.3 is 6.03 Å². The molecular formula is C32H47N5O3. The van der Waals surface area contributed by atoms with Gasteiger partial charge < -0.3 is 20.3 Å². The second-order valence-electron chi connectivity index (χ2n) is 12.4. The van der Waals surface area contributed by atoms with Gasteiger partial charge in [0.15, 0.2) is 0 Å². The van der Waals surface area contributed by atoms with E-state index in [9.17, 15) is 14.9 Å².